The molecule has 1 N–H and O–H groups in total. The monoisotopic (exact) mass is 201 g/mol. The lowest BCUT2D eigenvalue weighted by Crippen LogP contribution is -2.06. The molecule has 2 aromatic heterocycles. The van der Waals surface area contributed by atoms with E-state index >= 15 is 0 Å². The molecule has 3 nitrogen and oxygen atoms in total. The Hall–Kier alpha value is -1.59. The Labute approximate surface area is 77.0 Å². The smallest absolute Gasteiger partial charge is 0.334 e. The molecule has 0 spiro atoms. The van der Waals surface area contributed by atoms with E-state index in [1.165, 1.54) is 12.3 Å². The van der Waals surface area contributed by atoms with Crippen molar-refractivity contribution in [1.82, 2.24) is 15.0 Å². The van der Waals surface area contributed by atoms with E-state index in [2.05, 4.69) is 15.0 Å². The van der Waals surface area contributed by atoms with Crippen molar-refractivity contribution in [2.45, 2.75) is 13.1 Å². The SMILES string of the molecule is Cc1nccc2[nH]c(C(F)(F)F)nc12. The molecule has 0 bridgehead atoms. The van der Waals surface area contributed by atoms with Gasteiger partial charge in [0.05, 0.1) is 11.2 Å². The van der Waals surface area contributed by atoms with Crippen molar-refractivity contribution in [2.75, 3.05) is 0 Å². The number of aryl methyl sites for hydroxylation is 1. The minimum Gasteiger partial charge on any atom is -0.334 e. The predicted octanol–water partition coefficient (Wildman–Crippen LogP) is 2.29. The largest absolute Gasteiger partial charge is 0.449 e. The highest BCUT2D eigenvalue weighted by Crippen LogP contribution is 2.28. The van der Waals surface area contributed by atoms with Gasteiger partial charge in [0.15, 0.2) is 0 Å². The second-order valence-electron chi connectivity index (χ2n) is 2.88. The number of aromatic amines is 1. The number of nitrogens with zero attached hydrogens (tertiary/aromatic N) is 2. The van der Waals surface area contributed by atoms with Crippen LogP contribution in [-0.2, 0) is 6.18 Å². The molecule has 0 amide bonds. The molecule has 2 aromatic rings. The summed E-state index contributed by atoms with van der Waals surface area (Å²) in [5.41, 5.74) is 1.10. The van der Waals surface area contributed by atoms with Gasteiger partial charge in [0.25, 0.3) is 0 Å². The first-order valence-corrected chi connectivity index (χ1v) is 3.87. The Kier molecular flexibility index (Phi) is 1.73. The standard InChI is InChI=1S/C8H6F3N3/c1-4-6-5(2-3-12-4)13-7(14-6)8(9,10)11/h2-3H,1H3,(H,13,14). The van der Waals surface area contributed by atoms with Crippen LogP contribution in [0.2, 0.25) is 0 Å². The second-order valence-corrected chi connectivity index (χ2v) is 2.88. The van der Waals surface area contributed by atoms with Gasteiger partial charge in [-0.15, -0.1) is 0 Å². The maximum atomic E-state index is 12.2. The molecule has 6 heteroatoms. The quantitative estimate of drug-likeness (QED) is 0.710. The maximum Gasteiger partial charge on any atom is 0.449 e. The zero-order valence-corrected chi connectivity index (χ0v) is 7.18. The fourth-order valence-electron chi connectivity index (χ4n) is 1.20. The van der Waals surface area contributed by atoms with Gasteiger partial charge in [-0.1, -0.05) is 0 Å². The van der Waals surface area contributed by atoms with Crippen LogP contribution >= 0.6 is 0 Å². The second kappa shape index (κ2) is 2.70. The third-order valence-electron chi connectivity index (χ3n) is 1.85. The molecule has 0 atom stereocenters. The number of halogens is 3. The van der Waals surface area contributed by atoms with E-state index in [-0.39, 0.29) is 5.52 Å². The lowest BCUT2D eigenvalue weighted by atomic mass is 10.3. The highest BCUT2D eigenvalue weighted by Gasteiger charge is 2.34. The minimum atomic E-state index is -4.44. The molecule has 0 aromatic carbocycles. The highest BCUT2D eigenvalue weighted by molar-refractivity contribution is 5.76. The van der Waals surface area contributed by atoms with Crippen LogP contribution in [0, 0.1) is 6.92 Å². The van der Waals surface area contributed by atoms with Crippen LogP contribution in [0.4, 0.5) is 13.2 Å². The van der Waals surface area contributed by atoms with E-state index in [0.717, 1.165) is 0 Å². The van der Waals surface area contributed by atoms with Crippen LogP contribution in [0.1, 0.15) is 11.5 Å². The minimum absolute atomic E-state index is 0.264. The summed E-state index contributed by atoms with van der Waals surface area (Å²) < 4.78 is 36.7. The average Bonchev–Trinajstić information content (AvgIpc) is 2.48. The van der Waals surface area contributed by atoms with Crippen molar-refractivity contribution in [3.05, 3.63) is 23.8 Å². The molecule has 0 saturated heterocycles. The van der Waals surface area contributed by atoms with Crippen molar-refractivity contribution in [3.8, 4) is 0 Å². The summed E-state index contributed by atoms with van der Waals surface area (Å²) >= 11 is 0. The van der Waals surface area contributed by atoms with E-state index in [0.29, 0.717) is 11.2 Å². The molecule has 14 heavy (non-hydrogen) atoms. The van der Waals surface area contributed by atoms with Crippen LogP contribution in [-0.4, -0.2) is 15.0 Å². The predicted molar refractivity (Wildman–Crippen MR) is 43.6 cm³/mol. The molecule has 74 valence electrons. The lowest BCUT2D eigenvalue weighted by Gasteiger charge is -1.98. The molecule has 2 rings (SSSR count). The average molecular weight is 201 g/mol. The summed E-state index contributed by atoms with van der Waals surface area (Å²) in [7, 11) is 0. The summed E-state index contributed by atoms with van der Waals surface area (Å²) in [4.78, 5) is 9.49. The zero-order chi connectivity index (χ0) is 10.3. The molecule has 0 unspecified atom stereocenters. The van der Waals surface area contributed by atoms with Gasteiger partial charge >= 0.3 is 6.18 Å². The van der Waals surface area contributed by atoms with Gasteiger partial charge < -0.3 is 4.98 Å². The lowest BCUT2D eigenvalue weighted by molar-refractivity contribution is -0.144. The van der Waals surface area contributed by atoms with E-state index in [1.807, 2.05) is 0 Å². The number of hydrogen-bond acceptors (Lipinski definition) is 2. The van der Waals surface area contributed by atoms with E-state index in [4.69, 9.17) is 0 Å². The van der Waals surface area contributed by atoms with Gasteiger partial charge in [-0.25, -0.2) is 4.98 Å². The van der Waals surface area contributed by atoms with Gasteiger partial charge in [-0.2, -0.15) is 13.2 Å². The Morgan fingerprint density at radius 3 is 2.64 bits per heavy atom. The van der Waals surface area contributed by atoms with E-state index in [9.17, 15) is 13.2 Å². The number of nitrogens with one attached hydrogen (secondary N) is 1. The number of rotatable bonds is 0. The number of alkyl halides is 3. The Bertz CT molecular complexity index is 472. The van der Waals surface area contributed by atoms with Crippen molar-refractivity contribution in [1.29, 1.82) is 0 Å². The summed E-state index contributed by atoms with van der Waals surface area (Å²) in [5, 5.41) is 0. The first-order valence-electron chi connectivity index (χ1n) is 3.87. The summed E-state index contributed by atoms with van der Waals surface area (Å²) in [6.45, 7) is 1.61. The molecule has 0 aliphatic heterocycles. The van der Waals surface area contributed by atoms with Gasteiger partial charge in [-0.05, 0) is 13.0 Å². The molecular weight excluding hydrogens is 195 g/mol. The third-order valence-corrected chi connectivity index (χ3v) is 1.85. The number of fused-ring (bicyclic) bond motifs is 1. The van der Waals surface area contributed by atoms with Crippen LogP contribution in [0.5, 0.6) is 0 Å². The van der Waals surface area contributed by atoms with Crippen molar-refractivity contribution in [3.63, 3.8) is 0 Å². The summed E-state index contributed by atoms with van der Waals surface area (Å²) in [6, 6.07) is 1.46. The number of H-pyrrole nitrogens is 1. The van der Waals surface area contributed by atoms with Crippen LogP contribution < -0.4 is 0 Å². The fourth-order valence-corrected chi connectivity index (χ4v) is 1.20. The van der Waals surface area contributed by atoms with E-state index in [1.54, 1.807) is 6.92 Å². The van der Waals surface area contributed by atoms with Gasteiger partial charge in [0, 0.05) is 6.20 Å². The molecule has 0 fully saturated rings. The zero-order valence-electron chi connectivity index (χ0n) is 7.18. The number of imidazole rings is 1. The molecule has 2 heterocycles. The first-order chi connectivity index (χ1) is 6.48. The number of pyridine rings is 1. The normalized spacial score (nSPS) is 12.3. The van der Waals surface area contributed by atoms with Gasteiger partial charge in [0.1, 0.15) is 5.52 Å². The summed E-state index contributed by atoms with van der Waals surface area (Å²) in [6.07, 6.45) is -3.00. The van der Waals surface area contributed by atoms with E-state index < -0.39 is 12.0 Å². The number of aromatic nitrogens is 3. The fraction of sp³-hybridized carbons (Fsp3) is 0.250. The Morgan fingerprint density at radius 1 is 1.36 bits per heavy atom. The van der Waals surface area contributed by atoms with Crippen molar-refractivity contribution < 1.29 is 13.2 Å². The van der Waals surface area contributed by atoms with Crippen LogP contribution in [0.25, 0.3) is 11.0 Å². The number of hydrogen-bond donors (Lipinski definition) is 1. The van der Waals surface area contributed by atoms with Crippen molar-refractivity contribution >= 4 is 11.0 Å². The first kappa shape index (κ1) is 8.98. The molecule has 0 aliphatic carbocycles. The topological polar surface area (TPSA) is 41.6 Å². The summed E-state index contributed by atoms with van der Waals surface area (Å²) in [5.74, 6) is -0.983. The van der Waals surface area contributed by atoms with Crippen LogP contribution in [0.15, 0.2) is 12.3 Å². The molecule has 0 aliphatic rings. The Balaban J connectivity index is 2.69. The highest BCUT2D eigenvalue weighted by atomic mass is 19.4. The molecule has 0 radical (unpaired) electrons. The third kappa shape index (κ3) is 1.32. The molecule has 0 saturated carbocycles. The Morgan fingerprint density at radius 2 is 2.07 bits per heavy atom. The maximum absolute atomic E-state index is 12.2. The van der Waals surface area contributed by atoms with Crippen LogP contribution in [0.3, 0.4) is 0 Å². The van der Waals surface area contributed by atoms with Gasteiger partial charge in [0.2, 0.25) is 5.82 Å². The van der Waals surface area contributed by atoms with Gasteiger partial charge in [-0.3, -0.25) is 4.98 Å². The van der Waals surface area contributed by atoms with Crippen molar-refractivity contribution in [2.24, 2.45) is 0 Å². The molecular formula is C8H6F3N3.